The molecule has 8 N–H and O–H groups in total. The third kappa shape index (κ3) is 11.5. The second-order valence-electron chi connectivity index (χ2n) is 15.9. The van der Waals surface area contributed by atoms with Crippen LogP contribution in [0.4, 0.5) is 4.39 Å². The predicted octanol–water partition coefficient (Wildman–Crippen LogP) is 7.24. The van der Waals surface area contributed by atoms with Gasteiger partial charge in [-0.1, -0.05) is 79.7 Å². The summed E-state index contributed by atoms with van der Waals surface area (Å²) in [5.41, 5.74) is 22.5. The number of fused-ring (bicyclic) bond motifs is 1. The Morgan fingerprint density at radius 1 is 0.980 bits per heavy atom. The summed E-state index contributed by atoms with van der Waals surface area (Å²) in [6, 6.07) is 14.5. The number of aliphatic imine (C=N–C) groups is 1. The third-order valence-electron chi connectivity index (χ3n) is 8.78. The number of hydrogen-bond donors (Lipinski definition) is 5. The maximum absolute atomic E-state index is 14.6. The Labute approximate surface area is 298 Å². The second kappa shape index (κ2) is 17.3. The van der Waals surface area contributed by atoms with Crippen LogP contribution in [0.5, 0.6) is 0 Å². The minimum Gasteiger partial charge on any atom is -0.370 e. The van der Waals surface area contributed by atoms with Gasteiger partial charge < -0.3 is 27.5 Å². The number of hydrogen-bond acceptors (Lipinski definition) is 5. The molecule has 0 saturated heterocycles. The van der Waals surface area contributed by atoms with Gasteiger partial charge in [-0.3, -0.25) is 9.56 Å². The Hall–Kier alpha value is -4.02. The predicted molar refractivity (Wildman–Crippen MR) is 208 cm³/mol. The molecule has 0 aliphatic carbocycles. The van der Waals surface area contributed by atoms with Gasteiger partial charge in [0, 0.05) is 41.3 Å². The van der Waals surface area contributed by atoms with E-state index in [1.807, 2.05) is 49.5 Å². The monoisotopic (exact) mass is 688 g/mol. The molecule has 2 atom stereocenters. The maximum atomic E-state index is 14.6. The van der Waals surface area contributed by atoms with Gasteiger partial charge in [-0.25, -0.2) is 9.18 Å². The van der Waals surface area contributed by atoms with Crippen molar-refractivity contribution in [1.82, 2.24) is 19.9 Å². The molecule has 10 heteroatoms. The molecule has 2 aromatic carbocycles. The van der Waals surface area contributed by atoms with E-state index in [9.17, 15) is 9.18 Å². The van der Waals surface area contributed by atoms with E-state index in [0.29, 0.717) is 12.2 Å². The van der Waals surface area contributed by atoms with Crippen molar-refractivity contribution in [3.8, 4) is 5.69 Å². The highest BCUT2D eigenvalue weighted by Crippen LogP contribution is 2.32. The van der Waals surface area contributed by atoms with Crippen LogP contribution < -0.4 is 28.2 Å². The number of aromatic nitrogens is 3. The first-order chi connectivity index (χ1) is 23.3. The molecule has 0 fully saturated rings. The van der Waals surface area contributed by atoms with Gasteiger partial charge in [0.15, 0.2) is 5.96 Å². The molecule has 0 spiro atoms. The molecule has 274 valence electrons. The van der Waals surface area contributed by atoms with Crippen LogP contribution in [0.1, 0.15) is 128 Å². The fraction of sp³-hybridized carbons (Fsp3) is 0.525. The molecule has 0 aliphatic rings. The van der Waals surface area contributed by atoms with E-state index in [-0.39, 0.29) is 46.3 Å². The van der Waals surface area contributed by atoms with Crippen molar-refractivity contribution in [3.05, 3.63) is 92.9 Å². The molecule has 0 aliphatic heterocycles. The van der Waals surface area contributed by atoms with Crippen molar-refractivity contribution < 1.29 is 4.39 Å². The van der Waals surface area contributed by atoms with Crippen molar-refractivity contribution in [3.63, 3.8) is 0 Å². The molecule has 50 heavy (non-hydrogen) atoms. The topological polar surface area (TPSA) is 153 Å². The van der Waals surface area contributed by atoms with Gasteiger partial charge in [-0.2, -0.15) is 4.98 Å². The number of benzene rings is 2. The Morgan fingerprint density at radius 3 is 2.20 bits per heavy atom. The quantitative estimate of drug-likeness (QED) is 0.0601. The molecule has 0 bridgehead atoms. The third-order valence-corrected chi connectivity index (χ3v) is 8.78. The standard InChI is InChI=1S/C22H31N7O.C18H30FN/c1-14(25-10-5-11-26-20(23)24)15-6-8-17(9-7-15)29-13-16-12-18(22(2,3)4)27-19(16)28-21(29)30;1-12(2)15-10-14(9-7-8-13(3)20)11-16(17(15)19)18(4,5)6/h6-9,12-14,25H,5,10-11H2,1-4H3,(H4,23,24,26)(H,27,28,30);10-13H,7-9,20H2,1-6H3/t14-;13-/m00/s1. The zero-order valence-corrected chi connectivity index (χ0v) is 32.0. The van der Waals surface area contributed by atoms with E-state index in [1.54, 1.807) is 4.57 Å². The van der Waals surface area contributed by atoms with Crippen LogP contribution in [-0.2, 0) is 17.3 Å². The molecule has 0 amide bonds. The van der Waals surface area contributed by atoms with Crippen molar-refractivity contribution in [2.24, 2.45) is 22.2 Å². The smallest absolute Gasteiger partial charge is 0.354 e. The van der Waals surface area contributed by atoms with Crippen LogP contribution in [0.2, 0.25) is 0 Å². The lowest BCUT2D eigenvalue weighted by Crippen LogP contribution is -2.24. The molecule has 0 radical (unpaired) electrons. The van der Waals surface area contributed by atoms with E-state index >= 15 is 0 Å². The van der Waals surface area contributed by atoms with E-state index in [2.05, 4.69) is 88.7 Å². The minimum absolute atomic E-state index is 0.0246. The summed E-state index contributed by atoms with van der Waals surface area (Å²) in [5, 5.41) is 4.36. The summed E-state index contributed by atoms with van der Waals surface area (Å²) in [5.74, 6) is 0.309. The Bertz CT molecular complexity index is 1770. The fourth-order valence-corrected chi connectivity index (χ4v) is 5.68. The molecule has 0 saturated carbocycles. The first-order valence-corrected chi connectivity index (χ1v) is 17.9. The Balaban J connectivity index is 0.000000295. The summed E-state index contributed by atoms with van der Waals surface area (Å²) in [7, 11) is 0. The van der Waals surface area contributed by atoms with Crippen LogP contribution in [-0.4, -0.2) is 39.6 Å². The fourth-order valence-electron chi connectivity index (χ4n) is 5.68. The van der Waals surface area contributed by atoms with Crippen molar-refractivity contribution >= 4 is 17.0 Å². The lowest BCUT2D eigenvalue weighted by Gasteiger charge is -2.24. The van der Waals surface area contributed by atoms with E-state index < -0.39 is 0 Å². The molecule has 2 aromatic heterocycles. The average Bonchev–Trinajstić information content (AvgIpc) is 3.44. The minimum atomic E-state index is -0.302. The summed E-state index contributed by atoms with van der Waals surface area (Å²) in [6.07, 6.45) is 5.75. The number of nitrogens with one attached hydrogen (secondary N) is 2. The number of halogens is 1. The molecule has 2 heterocycles. The van der Waals surface area contributed by atoms with Gasteiger partial charge in [0.2, 0.25) is 0 Å². The number of rotatable bonds is 12. The first-order valence-electron chi connectivity index (χ1n) is 17.9. The lowest BCUT2D eigenvalue weighted by molar-refractivity contribution is 0.508. The SMILES string of the molecule is CC(C)c1cc(CCC[C@H](C)N)cc(C(C)(C)C)c1F.C[C@H](NCCCN=C(N)N)c1ccc(-n2cc3cc(C(C)(C)C)[nH]c3nc2=O)cc1. The second-order valence-corrected chi connectivity index (χ2v) is 15.9. The Kier molecular flexibility index (Phi) is 14.0. The highest BCUT2D eigenvalue weighted by Gasteiger charge is 2.23. The van der Waals surface area contributed by atoms with Gasteiger partial charge in [-0.15, -0.1) is 0 Å². The number of aryl methyl sites for hydroxylation is 1. The van der Waals surface area contributed by atoms with Crippen LogP contribution in [0, 0.1) is 5.82 Å². The summed E-state index contributed by atoms with van der Waals surface area (Å²) < 4.78 is 16.2. The highest BCUT2D eigenvalue weighted by molar-refractivity contribution is 5.76. The lowest BCUT2D eigenvalue weighted by atomic mass is 9.82. The van der Waals surface area contributed by atoms with Crippen molar-refractivity contribution in [2.75, 3.05) is 13.1 Å². The zero-order chi connectivity index (χ0) is 37.4. The molecule has 9 nitrogen and oxygen atoms in total. The summed E-state index contributed by atoms with van der Waals surface area (Å²) in [4.78, 5) is 24.0. The first kappa shape index (κ1) is 40.4. The van der Waals surface area contributed by atoms with Crippen molar-refractivity contribution in [2.45, 2.75) is 124 Å². The summed E-state index contributed by atoms with van der Waals surface area (Å²) >= 11 is 0. The van der Waals surface area contributed by atoms with Gasteiger partial charge in [-0.05, 0) is 97.9 Å². The van der Waals surface area contributed by atoms with Gasteiger partial charge in [0.25, 0.3) is 0 Å². The number of nitrogens with zero attached hydrogens (tertiary/aromatic N) is 3. The van der Waals surface area contributed by atoms with Gasteiger partial charge >= 0.3 is 5.69 Å². The molecule has 0 unspecified atom stereocenters. The largest absolute Gasteiger partial charge is 0.370 e. The number of nitrogens with two attached hydrogens (primary N) is 3. The van der Waals surface area contributed by atoms with Crippen LogP contribution in [0.25, 0.3) is 16.7 Å². The van der Waals surface area contributed by atoms with Gasteiger partial charge in [0.1, 0.15) is 11.5 Å². The van der Waals surface area contributed by atoms with E-state index in [4.69, 9.17) is 17.2 Å². The summed E-state index contributed by atoms with van der Waals surface area (Å²) in [6.45, 7) is 22.2. The van der Waals surface area contributed by atoms with Crippen LogP contribution in [0.3, 0.4) is 0 Å². The molecular formula is C40H61FN8O. The van der Waals surface area contributed by atoms with Crippen LogP contribution in [0.15, 0.2) is 58.4 Å². The number of H-pyrrole nitrogens is 1. The molecule has 4 aromatic rings. The van der Waals surface area contributed by atoms with E-state index in [1.165, 1.54) is 5.56 Å². The number of aromatic amines is 1. The normalized spacial score (nSPS) is 13.2. The Morgan fingerprint density at radius 2 is 1.64 bits per heavy atom. The number of guanidine groups is 1. The highest BCUT2D eigenvalue weighted by atomic mass is 19.1. The maximum Gasteiger partial charge on any atom is 0.354 e. The van der Waals surface area contributed by atoms with Crippen LogP contribution >= 0.6 is 0 Å². The zero-order valence-electron chi connectivity index (χ0n) is 32.0. The van der Waals surface area contributed by atoms with Crippen molar-refractivity contribution in [1.29, 1.82) is 0 Å². The molecule has 4 rings (SSSR count). The molecular weight excluding hydrogens is 627 g/mol. The average molecular weight is 689 g/mol. The van der Waals surface area contributed by atoms with Gasteiger partial charge in [0.05, 0.1) is 5.69 Å². The van der Waals surface area contributed by atoms with E-state index in [0.717, 1.165) is 65.7 Å².